The smallest absolute Gasteiger partial charge is 0.338 e. The average Bonchev–Trinajstić information content (AvgIpc) is 3.59. The van der Waals surface area contributed by atoms with Crippen molar-refractivity contribution in [3.8, 4) is 45.6 Å². The Balaban J connectivity index is 1.66. The number of ether oxygens (including phenoxy) is 7. The minimum absolute atomic E-state index is 0.000975. The molecule has 0 saturated carbocycles. The van der Waals surface area contributed by atoms with E-state index in [0.29, 0.717) is 63.2 Å². The maximum absolute atomic E-state index is 13.3. The van der Waals surface area contributed by atoms with Gasteiger partial charge in [0, 0.05) is 16.7 Å². The van der Waals surface area contributed by atoms with E-state index in [1.54, 1.807) is 44.4 Å². The van der Waals surface area contributed by atoms with Crippen molar-refractivity contribution in [3.63, 3.8) is 0 Å². The van der Waals surface area contributed by atoms with Gasteiger partial charge in [0.25, 0.3) is 0 Å². The largest absolute Gasteiger partial charge is 0.492 e. The standard InChI is InChI=1S/C29H28O9/c1-15-10-17-11-19-23(36-13-34-19)25(32-3)21(17)22-18(12-20-24(26(22)33-4)37-14-35-20)27(29(15,2)31)38-28(30)16-8-6-5-7-9-16/h5-9,11-12,15,27,31H,10,13-14H2,1-4H3/t15?,27?,29-/m0/s1. The van der Waals surface area contributed by atoms with Crippen molar-refractivity contribution in [2.45, 2.75) is 32.0 Å². The number of hydrogen-bond acceptors (Lipinski definition) is 9. The molecule has 0 radical (unpaired) electrons. The van der Waals surface area contributed by atoms with E-state index in [4.69, 9.17) is 33.2 Å². The zero-order valence-electron chi connectivity index (χ0n) is 21.5. The Morgan fingerprint density at radius 1 is 0.921 bits per heavy atom. The van der Waals surface area contributed by atoms with Gasteiger partial charge in [0.2, 0.25) is 25.1 Å². The number of carbonyl (C=O) groups is 1. The van der Waals surface area contributed by atoms with E-state index in [1.807, 2.05) is 19.1 Å². The summed E-state index contributed by atoms with van der Waals surface area (Å²) in [5.41, 5.74) is 1.47. The van der Waals surface area contributed by atoms with Gasteiger partial charge in [0.15, 0.2) is 29.1 Å². The summed E-state index contributed by atoms with van der Waals surface area (Å²) in [6.45, 7) is 3.65. The Hall–Kier alpha value is -4.11. The fraction of sp³-hybridized carbons (Fsp3) is 0.345. The van der Waals surface area contributed by atoms with Crippen LogP contribution in [-0.2, 0) is 11.2 Å². The minimum atomic E-state index is -1.49. The van der Waals surface area contributed by atoms with Gasteiger partial charge in [-0.3, -0.25) is 0 Å². The molecule has 9 heteroatoms. The second kappa shape index (κ2) is 9.02. The monoisotopic (exact) mass is 520 g/mol. The lowest BCUT2D eigenvalue weighted by Crippen LogP contribution is -2.43. The molecule has 2 aliphatic heterocycles. The zero-order chi connectivity index (χ0) is 26.6. The van der Waals surface area contributed by atoms with Gasteiger partial charge in [-0.1, -0.05) is 25.1 Å². The third-order valence-electron chi connectivity index (χ3n) is 7.58. The molecule has 0 aromatic heterocycles. The Morgan fingerprint density at radius 2 is 1.53 bits per heavy atom. The Bertz CT molecular complexity index is 1410. The number of esters is 1. The molecule has 2 unspecified atom stereocenters. The highest BCUT2D eigenvalue weighted by Gasteiger charge is 2.47. The Morgan fingerprint density at radius 3 is 2.16 bits per heavy atom. The third kappa shape index (κ3) is 3.60. The quantitative estimate of drug-likeness (QED) is 0.492. The lowest BCUT2D eigenvalue weighted by Gasteiger charge is -2.41. The van der Waals surface area contributed by atoms with Gasteiger partial charge >= 0.3 is 5.97 Å². The number of methoxy groups -OCH3 is 2. The van der Waals surface area contributed by atoms with Crippen LogP contribution in [0.4, 0.5) is 0 Å². The molecule has 6 rings (SSSR count). The highest BCUT2D eigenvalue weighted by Crippen LogP contribution is 2.59. The van der Waals surface area contributed by atoms with Crippen molar-refractivity contribution in [2.75, 3.05) is 27.8 Å². The lowest BCUT2D eigenvalue weighted by atomic mass is 9.73. The van der Waals surface area contributed by atoms with Gasteiger partial charge in [-0.25, -0.2) is 4.79 Å². The number of carbonyl (C=O) groups excluding carboxylic acids is 1. The first-order valence-electron chi connectivity index (χ1n) is 12.3. The van der Waals surface area contributed by atoms with Crippen LogP contribution in [0.3, 0.4) is 0 Å². The molecule has 198 valence electrons. The average molecular weight is 521 g/mol. The predicted molar refractivity (Wildman–Crippen MR) is 135 cm³/mol. The number of fused-ring (bicyclic) bond motifs is 5. The fourth-order valence-electron chi connectivity index (χ4n) is 5.43. The zero-order valence-corrected chi connectivity index (χ0v) is 21.5. The SMILES string of the molecule is COc1c2c(cc3c1-c1c(cc4c(c1OC)OCO4)C(OC(=O)c1ccccc1)[C@@](C)(O)C(C)C3)OCO2. The van der Waals surface area contributed by atoms with E-state index in [9.17, 15) is 9.90 Å². The third-order valence-corrected chi connectivity index (χ3v) is 7.58. The number of hydrogen-bond donors (Lipinski definition) is 1. The molecule has 1 aliphatic carbocycles. The first-order chi connectivity index (χ1) is 18.3. The van der Waals surface area contributed by atoms with Gasteiger partial charge in [-0.2, -0.15) is 0 Å². The molecule has 0 fully saturated rings. The summed E-state index contributed by atoms with van der Waals surface area (Å²) in [6.07, 6.45) is -0.668. The summed E-state index contributed by atoms with van der Waals surface area (Å²) < 4.78 is 40.9. The van der Waals surface area contributed by atoms with Crippen LogP contribution in [0, 0.1) is 5.92 Å². The van der Waals surface area contributed by atoms with Crippen molar-refractivity contribution in [1.29, 1.82) is 0 Å². The number of benzene rings is 3. The van der Waals surface area contributed by atoms with Crippen LogP contribution in [0.25, 0.3) is 11.1 Å². The molecule has 3 aromatic carbocycles. The summed E-state index contributed by atoms with van der Waals surface area (Å²) in [6, 6.07) is 12.3. The molecule has 38 heavy (non-hydrogen) atoms. The van der Waals surface area contributed by atoms with E-state index < -0.39 is 17.7 Å². The number of aliphatic hydroxyl groups is 1. The second-order valence-electron chi connectivity index (χ2n) is 9.77. The van der Waals surface area contributed by atoms with Crippen LogP contribution in [0.15, 0.2) is 42.5 Å². The highest BCUT2D eigenvalue weighted by atomic mass is 16.7. The first kappa shape index (κ1) is 24.2. The van der Waals surface area contributed by atoms with E-state index in [-0.39, 0.29) is 19.5 Å². The Kier molecular flexibility index (Phi) is 5.75. The topological polar surface area (TPSA) is 102 Å². The summed E-state index contributed by atoms with van der Waals surface area (Å²) >= 11 is 0. The molecule has 9 nitrogen and oxygen atoms in total. The van der Waals surface area contributed by atoms with E-state index >= 15 is 0 Å². The molecule has 0 bridgehead atoms. The van der Waals surface area contributed by atoms with Gasteiger partial charge < -0.3 is 38.3 Å². The van der Waals surface area contributed by atoms with Crippen molar-refractivity contribution >= 4 is 5.97 Å². The van der Waals surface area contributed by atoms with Gasteiger partial charge in [-0.05, 0) is 49.1 Å². The van der Waals surface area contributed by atoms with Crippen LogP contribution < -0.4 is 28.4 Å². The normalized spacial score (nSPS) is 22.6. The molecule has 0 saturated heterocycles. The molecule has 3 aliphatic rings. The summed E-state index contributed by atoms with van der Waals surface area (Å²) in [5.74, 6) is 1.77. The minimum Gasteiger partial charge on any atom is -0.492 e. The number of rotatable bonds is 4. The maximum atomic E-state index is 13.3. The lowest BCUT2D eigenvalue weighted by molar-refractivity contribution is -0.107. The van der Waals surface area contributed by atoms with Crippen LogP contribution in [0.2, 0.25) is 0 Å². The van der Waals surface area contributed by atoms with Gasteiger partial charge in [0.05, 0.1) is 19.8 Å². The van der Waals surface area contributed by atoms with Crippen LogP contribution in [-0.4, -0.2) is 44.5 Å². The highest BCUT2D eigenvalue weighted by molar-refractivity contribution is 5.91. The first-order valence-corrected chi connectivity index (χ1v) is 12.3. The molecule has 0 amide bonds. The van der Waals surface area contributed by atoms with Crippen molar-refractivity contribution in [2.24, 2.45) is 5.92 Å². The van der Waals surface area contributed by atoms with Gasteiger partial charge in [-0.15, -0.1) is 0 Å². The molecular weight excluding hydrogens is 492 g/mol. The predicted octanol–water partition coefficient (Wildman–Crippen LogP) is 4.67. The Labute approximate surface area is 219 Å². The van der Waals surface area contributed by atoms with Crippen LogP contribution in [0.5, 0.6) is 34.5 Å². The molecular formula is C29H28O9. The molecule has 0 spiro atoms. The van der Waals surface area contributed by atoms with Crippen molar-refractivity contribution < 1.29 is 43.1 Å². The molecule has 1 N–H and O–H groups in total. The second-order valence-corrected chi connectivity index (χ2v) is 9.77. The van der Waals surface area contributed by atoms with Crippen molar-refractivity contribution in [3.05, 3.63) is 59.2 Å². The van der Waals surface area contributed by atoms with E-state index in [1.165, 1.54) is 7.11 Å². The van der Waals surface area contributed by atoms with Crippen LogP contribution >= 0.6 is 0 Å². The van der Waals surface area contributed by atoms with Gasteiger partial charge in [0.1, 0.15) is 5.60 Å². The van der Waals surface area contributed by atoms with Crippen molar-refractivity contribution in [1.82, 2.24) is 0 Å². The van der Waals surface area contributed by atoms with Crippen LogP contribution in [0.1, 0.15) is 41.4 Å². The fourth-order valence-corrected chi connectivity index (χ4v) is 5.43. The molecule has 2 heterocycles. The van der Waals surface area contributed by atoms with E-state index in [0.717, 1.165) is 5.56 Å². The van der Waals surface area contributed by atoms with E-state index in [2.05, 4.69) is 0 Å². The summed E-state index contributed by atoms with van der Waals surface area (Å²) in [4.78, 5) is 13.3. The summed E-state index contributed by atoms with van der Waals surface area (Å²) in [5, 5.41) is 12.0. The summed E-state index contributed by atoms with van der Waals surface area (Å²) in [7, 11) is 3.09. The molecule has 3 atom stereocenters. The maximum Gasteiger partial charge on any atom is 0.338 e. The molecule has 3 aromatic rings.